The van der Waals surface area contributed by atoms with Crippen molar-refractivity contribution < 1.29 is 27.4 Å². The number of carbonyl (C=O) groups excluding carboxylic acids is 1. The van der Waals surface area contributed by atoms with Gasteiger partial charge in [-0.15, -0.1) is 22.7 Å². The summed E-state index contributed by atoms with van der Waals surface area (Å²) in [6.45, 7) is 2.07. The zero-order valence-electron chi connectivity index (χ0n) is 15.5. The monoisotopic (exact) mass is 442 g/mol. The van der Waals surface area contributed by atoms with Crippen molar-refractivity contribution in [2.75, 3.05) is 25.6 Å². The molecule has 2 aromatic heterocycles. The number of aryl methyl sites for hydroxylation is 1. The van der Waals surface area contributed by atoms with Crippen LogP contribution < -0.4 is 10.1 Å². The van der Waals surface area contributed by atoms with E-state index in [0.29, 0.717) is 15.6 Å². The summed E-state index contributed by atoms with van der Waals surface area (Å²) < 4.78 is 49.7. The third kappa shape index (κ3) is 5.14. The van der Waals surface area contributed by atoms with E-state index < -0.39 is 17.6 Å². The molecule has 0 radical (unpaired) electrons. The maximum atomic E-state index is 13.1. The first kappa shape index (κ1) is 21.3. The number of halogens is 3. The maximum Gasteiger partial charge on any atom is 0.416 e. The second-order valence-corrected chi connectivity index (χ2v) is 7.86. The van der Waals surface area contributed by atoms with E-state index in [0.717, 1.165) is 17.0 Å². The van der Waals surface area contributed by atoms with Crippen molar-refractivity contribution in [2.24, 2.45) is 0 Å². The van der Waals surface area contributed by atoms with Gasteiger partial charge in [-0.2, -0.15) is 13.2 Å². The van der Waals surface area contributed by atoms with Crippen molar-refractivity contribution >= 4 is 34.3 Å². The summed E-state index contributed by atoms with van der Waals surface area (Å²) in [5.41, 5.74) is -0.441. The predicted molar refractivity (Wildman–Crippen MR) is 107 cm³/mol. The van der Waals surface area contributed by atoms with Gasteiger partial charge in [-0.1, -0.05) is 6.07 Å². The summed E-state index contributed by atoms with van der Waals surface area (Å²) in [6, 6.07) is 6.72. The number of hydrogen-bond acceptors (Lipinski definition) is 6. The van der Waals surface area contributed by atoms with Crippen molar-refractivity contribution in [3.8, 4) is 15.6 Å². The van der Waals surface area contributed by atoms with Gasteiger partial charge in [-0.3, -0.25) is 4.79 Å². The van der Waals surface area contributed by atoms with Gasteiger partial charge in [0.15, 0.2) is 0 Å². The Morgan fingerprint density at radius 2 is 2.03 bits per heavy atom. The Labute approximate surface area is 173 Å². The minimum atomic E-state index is -4.54. The summed E-state index contributed by atoms with van der Waals surface area (Å²) in [7, 11) is 1.48. The van der Waals surface area contributed by atoms with Gasteiger partial charge in [0.2, 0.25) is 0 Å². The van der Waals surface area contributed by atoms with Gasteiger partial charge in [-0.25, -0.2) is 4.98 Å². The largest absolute Gasteiger partial charge is 0.489 e. The van der Waals surface area contributed by atoms with Crippen LogP contribution in [0.1, 0.15) is 20.9 Å². The number of thiophene rings is 1. The van der Waals surface area contributed by atoms with Crippen LogP contribution in [0.5, 0.6) is 5.75 Å². The summed E-state index contributed by atoms with van der Waals surface area (Å²) in [5, 5.41) is 5.12. The van der Waals surface area contributed by atoms with Crippen LogP contribution >= 0.6 is 22.7 Å². The van der Waals surface area contributed by atoms with Gasteiger partial charge in [-0.05, 0) is 36.6 Å². The van der Waals surface area contributed by atoms with Crippen molar-refractivity contribution in [1.29, 1.82) is 0 Å². The molecular formula is C19H17F3N2O3S2. The lowest BCUT2D eigenvalue weighted by molar-refractivity contribution is -0.137. The van der Waals surface area contributed by atoms with E-state index in [9.17, 15) is 18.0 Å². The molecule has 0 fully saturated rings. The fourth-order valence-electron chi connectivity index (χ4n) is 2.46. The molecule has 0 atom stereocenters. The maximum absolute atomic E-state index is 13.1. The van der Waals surface area contributed by atoms with E-state index >= 15 is 0 Å². The second-order valence-electron chi connectivity index (χ2n) is 5.91. The van der Waals surface area contributed by atoms with Crippen LogP contribution in [0.15, 0.2) is 35.7 Å². The molecule has 0 bridgehead atoms. The zero-order chi connectivity index (χ0) is 21.0. The van der Waals surface area contributed by atoms with Crippen molar-refractivity contribution in [3.05, 3.63) is 51.8 Å². The van der Waals surface area contributed by atoms with Gasteiger partial charge < -0.3 is 14.8 Å². The summed E-state index contributed by atoms with van der Waals surface area (Å²) in [5.74, 6) is -0.414. The smallest absolute Gasteiger partial charge is 0.416 e. The molecule has 29 heavy (non-hydrogen) atoms. The fraction of sp³-hybridized carbons (Fsp3) is 0.263. The highest BCUT2D eigenvalue weighted by Gasteiger charge is 2.31. The minimum Gasteiger partial charge on any atom is -0.489 e. The van der Waals surface area contributed by atoms with Gasteiger partial charge in [0.1, 0.15) is 22.2 Å². The molecule has 0 aliphatic rings. The van der Waals surface area contributed by atoms with Crippen LogP contribution in [0.4, 0.5) is 18.9 Å². The minimum absolute atomic E-state index is 0.0635. The number of aromatic nitrogens is 1. The molecule has 154 valence electrons. The first-order valence-electron chi connectivity index (χ1n) is 8.45. The van der Waals surface area contributed by atoms with Gasteiger partial charge >= 0.3 is 6.18 Å². The molecule has 0 saturated carbocycles. The van der Waals surface area contributed by atoms with E-state index in [1.54, 1.807) is 6.92 Å². The average Bonchev–Trinajstić information content (AvgIpc) is 3.31. The Kier molecular flexibility index (Phi) is 6.56. The highest BCUT2D eigenvalue weighted by molar-refractivity contribution is 7.22. The number of nitrogens with zero attached hydrogens (tertiary/aromatic N) is 1. The molecule has 1 aromatic carbocycles. The number of alkyl halides is 3. The van der Waals surface area contributed by atoms with Crippen molar-refractivity contribution in [3.63, 3.8) is 0 Å². The highest BCUT2D eigenvalue weighted by Crippen LogP contribution is 2.36. The lowest BCUT2D eigenvalue weighted by Gasteiger charge is -2.15. The predicted octanol–water partition coefficient (Wildman–Crippen LogP) is 5.48. The Morgan fingerprint density at radius 3 is 2.69 bits per heavy atom. The number of anilines is 1. The number of nitrogens with one attached hydrogen (secondary N) is 1. The molecule has 10 heteroatoms. The Bertz CT molecular complexity index is 985. The summed E-state index contributed by atoms with van der Waals surface area (Å²) in [4.78, 5) is 18.4. The van der Waals surface area contributed by atoms with Crippen LogP contribution in [0.2, 0.25) is 0 Å². The number of methoxy groups -OCH3 is 1. The van der Waals surface area contributed by atoms with E-state index in [2.05, 4.69) is 10.3 Å². The third-order valence-electron chi connectivity index (χ3n) is 3.83. The molecule has 0 saturated heterocycles. The van der Waals surface area contributed by atoms with Crippen LogP contribution in [0, 0.1) is 6.92 Å². The molecule has 3 rings (SSSR count). The molecule has 1 amide bonds. The number of hydrogen-bond donors (Lipinski definition) is 1. The van der Waals surface area contributed by atoms with Crippen LogP contribution in [0.3, 0.4) is 0 Å². The first-order valence-corrected chi connectivity index (χ1v) is 10.1. The Hall–Kier alpha value is -2.43. The number of amides is 1. The number of ether oxygens (including phenoxy) is 2. The van der Waals surface area contributed by atoms with Crippen LogP contribution in [0.25, 0.3) is 9.88 Å². The summed E-state index contributed by atoms with van der Waals surface area (Å²) >= 11 is 2.68. The number of carbonyl (C=O) groups is 1. The molecular weight excluding hydrogens is 425 g/mol. The molecule has 3 aromatic rings. The zero-order valence-corrected chi connectivity index (χ0v) is 17.1. The van der Waals surface area contributed by atoms with Gasteiger partial charge in [0.05, 0.1) is 28.4 Å². The molecule has 0 aliphatic carbocycles. The van der Waals surface area contributed by atoms with Crippen molar-refractivity contribution in [1.82, 2.24) is 4.98 Å². The molecule has 5 nitrogen and oxygen atoms in total. The lowest BCUT2D eigenvalue weighted by Crippen LogP contribution is -2.15. The fourth-order valence-corrected chi connectivity index (χ4v) is 4.21. The van der Waals surface area contributed by atoms with Gasteiger partial charge in [0, 0.05) is 7.11 Å². The molecule has 0 aliphatic heterocycles. The third-order valence-corrected chi connectivity index (χ3v) is 6.03. The molecule has 0 spiro atoms. The quantitative estimate of drug-likeness (QED) is 0.493. The number of benzene rings is 1. The second kappa shape index (κ2) is 8.93. The topological polar surface area (TPSA) is 60.5 Å². The molecule has 1 N–H and O–H groups in total. The molecule has 0 unspecified atom stereocenters. The normalized spacial score (nSPS) is 11.5. The number of rotatable bonds is 7. The highest BCUT2D eigenvalue weighted by atomic mass is 32.1. The van der Waals surface area contributed by atoms with Crippen LogP contribution in [-0.4, -0.2) is 31.2 Å². The molecule has 2 heterocycles. The Morgan fingerprint density at radius 1 is 1.24 bits per heavy atom. The van der Waals surface area contributed by atoms with E-state index in [1.165, 1.54) is 35.8 Å². The van der Waals surface area contributed by atoms with Crippen molar-refractivity contribution in [2.45, 2.75) is 13.1 Å². The SMILES string of the molecule is COCCOc1ccc(C(F)(F)F)cc1NC(=O)c1sc(-c2cccs2)nc1C. The van der Waals surface area contributed by atoms with Crippen LogP contribution in [-0.2, 0) is 10.9 Å². The van der Waals surface area contributed by atoms with E-state index in [1.807, 2.05) is 17.5 Å². The summed E-state index contributed by atoms with van der Waals surface area (Å²) in [6.07, 6.45) is -4.54. The standard InChI is InChI=1S/C19H17F3N2O3S2/c1-11-16(29-18(23-11)15-4-3-9-28-15)17(25)24-13-10-12(19(20,21)22)5-6-14(13)27-8-7-26-2/h3-6,9-10H,7-8H2,1-2H3,(H,24,25). The van der Waals surface area contributed by atoms with Gasteiger partial charge in [0.25, 0.3) is 5.91 Å². The Balaban J connectivity index is 1.88. The lowest BCUT2D eigenvalue weighted by atomic mass is 10.1. The number of thiazole rings is 1. The van der Waals surface area contributed by atoms with E-state index in [4.69, 9.17) is 9.47 Å². The first-order chi connectivity index (χ1) is 13.8. The average molecular weight is 442 g/mol. The van der Waals surface area contributed by atoms with E-state index in [-0.39, 0.29) is 24.7 Å².